The highest BCUT2D eigenvalue weighted by atomic mass is 16.5. The van der Waals surface area contributed by atoms with E-state index in [1.54, 1.807) is 12.5 Å². The van der Waals surface area contributed by atoms with Crippen LogP contribution in [0.2, 0.25) is 0 Å². The number of imidazole rings is 1. The van der Waals surface area contributed by atoms with Gasteiger partial charge in [-0.15, -0.1) is 0 Å². The lowest BCUT2D eigenvalue weighted by atomic mass is 10.3. The van der Waals surface area contributed by atoms with Crippen molar-refractivity contribution in [2.75, 3.05) is 13.2 Å². The van der Waals surface area contributed by atoms with Crippen molar-refractivity contribution in [2.45, 2.75) is 13.0 Å². The second-order valence-corrected chi connectivity index (χ2v) is 4.06. The van der Waals surface area contributed by atoms with E-state index in [1.807, 2.05) is 41.1 Å². The van der Waals surface area contributed by atoms with Crippen LogP contribution in [0.5, 0.6) is 5.75 Å². The first-order chi connectivity index (χ1) is 9.34. The molecule has 5 nitrogen and oxygen atoms in total. The number of aromatic nitrogens is 2. The van der Waals surface area contributed by atoms with Crippen LogP contribution in [0.4, 0.5) is 0 Å². The molecule has 0 aliphatic heterocycles. The molecule has 0 atom stereocenters. The Morgan fingerprint density at radius 1 is 1.32 bits per heavy atom. The van der Waals surface area contributed by atoms with Gasteiger partial charge in [0.05, 0.1) is 19.4 Å². The third-order valence-electron chi connectivity index (χ3n) is 2.59. The Bertz CT molecular complexity index is 483. The van der Waals surface area contributed by atoms with E-state index in [2.05, 4.69) is 10.3 Å². The number of rotatable bonds is 7. The number of amides is 1. The van der Waals surface area contributed by atoms with Crippen LogP contribution in [0.25, 0.3) is 0 Å². The number of nitrogens with zero attached hydrogens (tertiary/aromatic N) is 2. The summed E-state index contributed by atoms with van der Waals surface area (Å²) in [6, 6.07) is 9.48. The minimum absolute atomic E-state index is 0.00366. The Morgan fingerprint density at radius 3 is 2.89 bits per heavy atom. The summed E-state index contributed by atoms with van der Waals surface area (Å²) in [6.45, 7) is 1.72. The van der Waals surface area contributed by atoms with E-state index in [0.29, 0.717) is 19.6 Å². The Hall–Kier alpha value is -2.30. The normalized spacial score (nSPS) is 10.1. The second kappa shape index (κ2) is 7.20. The molecule has 0 bridgehead atoms. The lowest BCUT2D eigenvalue weighted by Gasteiger charge is -2.07. The first kappa shape index (κ1) is 13.1. The van der Waals surface area contributed by atoms with Crippen LogP contribution >= 0.6 is 0 Å². The van der Waals surface area contributed by atoms with Crippen LogP contribution in [0, 0.1) is 0 Å². The molecule has 0 radical (unpaired) electrons. The summed E-state index contributed by atoms with van der Waals surface area (Å²) < 4.78 is 7.37. The summed E-state index contributed by atoms with van der Waals surface area (Å²) in [5, 5.41) is 2.84. The van der Waals surface area contributed by atoms with Gasteiger partial charge in [-0.25, -0.2) is 4.98 Å². The molecule has 1 amide bonds. The summed E-state index contributed by atoms with van der Waals surface area (Å²) in [6.07, 6.45) is 5.67. The number of benzene rings is 1. The molecule has 5 heteroatoms. The third-order valence-corrected chi connectivity index (χ3v) is 2.59. The fourth-order valence-electron chi connectivity index (χ4n) is 1.61. The van der Waals surface area contributed by atoms with Gasteiger partial charge >= 0.3 is 0 Å². The lowest BCUT2D eigenvalue weighted by Crippen LogP contribution is -2.28. The van der Waals surface area contributed by atoms with E-state index in [9.17, 15) is 4.79 Å². The number of hydrogen-bond acceptors (Lipinski definition) is 3. The van der Waals surface area contributed by atoms with Crippen molar-refractivity contribution in [3.8, 4) is 5.75 Å². The van der Waals surface area contributed by atoms with E-state index < -0.39 is 0 Å². The molecule has 19 heavy (non-hydrogen) atoms. The Balaban J connectivity index is 1.57. The maximum Gasteiger partial charge on any atom is 0.223 e. The summed E-state index contributed by atoms with van der Waals surface area (Å²) in [5.74, 6) is 0.782. The van der Waals surface area contributed by atoms with Crippen LogP contribution < -0.4 is 10.1 Å². The van der Waals surface area contributed by atoms with Crippen molar-refractivity contribution in [2.24, 2.45) is 0 Å². The summed E-state index contributed by atoms with van der Waals surface area (Å²) in [5.41, 5.74) is 0. The van der Waals surface area contributed by atoms with Gasteiger partial charge in [0, 0.05) is 25.5 Å². The van der Waals surface area contributed by atoms with Crippen LogP contribution in [-0.4, -0.2) is 28.6 Å². The van der Waals surface area contributed by atoms with Crippen LogP contribution in [0.3, 0.4) is 0 Å². The van der Waals surface area contributed by atoms with Crippen molar-refractivity contribution in [1.82, 2.24) is 14.9 Å². The first-order valence-corrected chi connectivity index (χ1v) is 6.25. The molecule has 1 heterocycles. The fourth-order valence-corrected chi connectivity index (χ4v) is 1.61. The molecule has 0 saturated carbocycles. The summed E-state index contributed by atoms with van der Waals surface area (Å²) in [7, 11) is 0. The minimum atomic E-state index is -0.00366. The SMILES string of the molecule is O=C(CCOc1ccccc1)NCCn1ccnc1. The first-order valence-electron chi connectivity index (χ1n) is 6.25. The highest BCUT2D eigenvalue weighted by Crippen LogP contribution is 2.08. The molecule has 1 aromatic carbocycles. The molecule has 0 fully saturated rings. The van der Waals surface area contributed by atoms with E-state index in [4.69, 9.17) is 4.74 Å². The lowest BCUT2D eigenvalue weighted by molar-refractivity contribution is -0.121. The highest BCUT2D eigenvalue weighted by molar-refractivity contribution is 5.75. The zero-order valence-electron chi connectivity index (χ0n) is 10.7. The van der Waals surface area contributed by atoms with Gasteiger partial charge in [-0.2, -0.15) is 0 Å². The molecule has 0 aliphatic carbocycles. The van der Waals surface area contributed by atoms with Crippen LogP contribution in [0.1, 0.15) is 6.42 Å². The van der Waals surface area contributed by atoms with Crippen LogP contribution in [0.15, 0.2) is 49.1 Å². The predicted molar refractivity (Wildman–Crippen MR) is 71.8 cm³/mol. The number of hydrogen-bond donors (Lipinski definition) is 1. The van der Waals surface area contributed by atoms with Gasteiger partial charge < -0.3 is 14.6 Å². The average Bonchev–Trinajstić information content (AvgIpc) is 2.93. The van der Waals surface area contributed by atoms with Crippen molar-refractivity contribution in [1.29, 1.82) is 0 Å². The molecular weight excluding hydrogens is 242 g/mol. The number of nitrogens with one attached hydrogen (secondary N) is 1. The Labute approximate surface area is 112 Å². The van der Waals surface area contributed by atoms with Gasteiger partial charge in [0.25, 0.3) is 0 Å². The van der Waals surface area contributed by atoms with Crippen LogP contribution in [-0.2, 0) is 11.3 Å². The number of para-hydroxylation sites is 1. The van der Waals surface area contributed by atoms with Crippen molar-refractivity contribution in [3.63, 3.8) is 0 Å². The fraction of sp³-hybridized carbons (Fsp3) is 0.286. The minimum Gasteiger partial charge on any atom is -0.493 e. The molecule has 2 aromatic rings. The standard InChI is InChI=1S/C14H17N3O2/c18-14(16-8-10-17-9-7-15-12-17)6-11-19-13-4-2-1-3-5-13/h1-5,7,9,12H,6,8,10-11H2,(H,16,18). The number of carbonyl (C=O) groups excluding carboxylic acids is 1. The topological polar surface area (TPSA) is 56.1 Å². The monoisotopic (exact) mass is 259 g/mol. The quantitative estimate of drug-likeness (QED) is 0.819. The zero-order chi connectivity index (χ0) is 13.3. The predicted octanol–water partition coefficient (Wildman–Crippen LogP) is 1.47. The molecule has 0 unspecified atom stereocenters. The third kappa shape index (κ3) is 4.83. The Morgan fingerprint density at radius 2 is 2.16 bits per heavy atom. The van der Waals surface area contributed by atoms with Gasteiger partial charge in [0.2, 0.25) is 5.91 Å². The smallest absolute Gasteiger partial charge is 0.223 e. The van der Waals surface area contributed by atoms with E-state index >= 15 is 0 Å². The molecule has 0 saturated heterocycles. The van der Waals surface area contributed by atoms with E-state index in [1.165, 1.54) is 0 Å². The molecule has 1 N–H and O–H groups in total. The molecule has 0 aliphatic rings. The van der Waals surface area contributed by atoms with Gasteiger partial charge in [0.15, 0.2) is 0 Å². The summed E-state index contributed by atoms with van der Waals surface area (Å²) >= 11 is 0. The zero-order valence-corrected chi connectivity index (χ0v) is 10.7. The largest absolute Gasteiger partial charge is 0.493 e. The van der Waals surface area contributed by atoms with Crippen molar-refractivity contribution < 1.29 is 9.53 Å². The van der Waals surface area contributed by atoms with Gasteiger partial charge in [-0.3, -0.25) is 4.79 Å². The number of carbonyl (C=O) groups is 1. The summed E-state index contributed by atoms with van der Waals surface area (Å²) in [4.78, 5) is 15.5. The second-order valence-electron chi connectivity index (χ2n) is 4.06. The van der Waals surface area contributed by atoms with Gasteiger partial charge in [-0.1, -0.05) is 18.2 Å². The molecule has 0 spiro atoms. The van der Waals surface area contributed by atoms with E-state index in [-0.39, 0.29) is 5.91 Å². The van der Waals surface area contributed by atoms with E-state index in [0.717, 1.165) is 12.3 Å². The Kier molecular flexibility index (Phi) is 4.98. The van der Waals surface area contributed by atoms with Crippen molar-refractivity contribution >= 4 is 5.91 Å². The van der Waals surface area contributed by atoms with Gasteiger partial charge in [0.1, 0.15) is 5.75 Å². The molecule has 100 valence electrons. The van der Waals surface area contributed by atoms with Crippen molar-refractivity contribution in [3.05, 3.63) is 49.1 Å². The average molecular weight is 259 g/mol. The van der Waals surface area contributed by atoms with Gasteiger partial charge in [-0.05, 0) is 12.1 Å². The molecule has 2 rings (SSSR count). The molecule has 1 aromatic heterocycles. The number of ether oxygens (including phenoxy) is 1. The highest BCUT2D eigenvalue weighted by Gasteiger charge is 2.01. The molecular formula is C14H17N3O2. The maximum absolute atomic E-state index is 11.5. The maximum atomic E-state index is 11.5.